The summed E-state index contributed by atoms with van der Waals surface area (Å²) in [4.78, 5) is 16.7. The van der Waals surface area contributed by atoms with E-state index < -0.39 is 0 Å². The van der Waals surface area contributed by atoms with Crippen molar-refractivity contribution in [2.75, 3.05) is 37.7 Å². The number of carbonyl (C=O) groups excluding carboxylic acids is 1. The van der Waals surface area contributed by atoms with Crippen LogP contribution in [0.1, 0.15) is 25.3 Å². The fourth-order valence-electron chi connectivity index (χ4n) is 3.34. The molecule has 2 aliphatic heterocycles. The predicted molar refractivity (Wildman–Crippen MR) is 83.6 cm³/mol. The molecule has 0 N–H and O–H groups in total. The van der Waals surface area contributed by atoms with Gasteiger partial charge in [0.15, 0.2) is 0 Å². The Hall–Kier alpha value is -1.39. The second-order valence-electron chi connectivity index (χ2n) is 5.85. The van der Waals surface area contributed by atoms with Gasteiger partial charge in [0.05, 0.1) is 12.6 Å². The summed E-state index contributed by atoms with van der Waals surface area (Å²) in [5.74, 6) is 0.231. The molecule has 1 aromatic carbocycles. The first-order chi connectivity index (χ1) is 10.3. The fraction of sp³-hybridized carbons (Fsp3) is 0.588. The molecule has 0 spiro atoms. The molecule has 2 aliphatic rings. The van der Waals surface area contributed by atoms with Crippen molar-refractivity contribution in [1.29, 1.82) is 0 Å². The third-order valence-corrected chi connectivity index (χ3v) is 4.48. The summed E-state index contributed by atoms with van der Waals surface area (Å²) in [6.07, 6.45) is 3.44. The fourth-order valence-corrected chi connectivity index (χ4v) is 3.34. The number of piperidine rings is 1. The molecule has 1 saturated heterocycles. The van der Waals surface area contributed by atoms with Gasteiger partial charge in [0.2, 0.25) is 5.91 Å². The molecule has 4 heteroatoms. The molecule has 0 aromatic heterocycles. The van der Waals surface area contributed by atoms with Crippen LogP contribution in [0.5, 0.6) is 0 Å². The van der Waals surface area contributed by atoms with E-state index in [-0.39, 0.29) is 5.91 Å². The van der Waals surface area contributed by atoms with E-state index in [9.17, 15) is 4.79 Å². The highest BCUT2D eigenvalue weighted by Crippen LogP contribution is 2.27. The van der Waals surface area contributed by atoms with Gasteiger partial charge in [0, 0.05) is 31.9 Å². The molecular weight excluding hydrogens is 264 g/mol. The van der Waals surface area contributed by atoms with Crippen LogP contribution in [0.25, 0.3) is 0 Å². The number of likely N-dealkylation sites (tertiary alicyclic amines) is 1. The van der Waals surface area contributed by atoms with E-state index in [2.05, 4.69) is 17.0 Å². The van der Waals surface area contributed by atoms with E-state index in [4.69, 9.17) is 4.74 Å². The standard InChI is InChI=1S/C17H24N2O2/c1-2-21-15-8-10-18(11-9-15)13-17(20)19-12-7-14-5-3-4-6-16(14)19/h3-6,15H,2,7-13H2,1H3. The van der Waals surface area contributed by atoms with Gasteiger partial charge in [0.1, 0.15) is 0 Å². The van der Waals surface area contributed by atoms with Gasteiger partial charge in [-0.3, -0.25) is 9.69 Å². The number of hydrogen-bond donors (Lipinski definition) is 0. The number of para-hydroxylation sites is 1. The van der Waals surface area contributed by atoms with E-state index in [1.807, 2.05) is 24.0 Å². The van der Waals surface area contributed by atoms with Crippen LogP contribution in [0.2, 0.25) is 0 Å². The smallest absolute Gasteiger partial charge is 0.241 e. The van der Waals surface area contributed by atoms with Gasteiger partial charge in [-0.2, -0.15) is 0 Å². The lowest BCUT2D eigenvalue weighted by Crippen LogP contribution is -2.44. The maximum atomic E-state index is 12.5. The Kier molecular flexibility index (Phi) is 4.56. The summed E-state index contributed by atoms with van der Waals surface area (Å²) >= 11 is 0. The molecule has 21 heavy (non-hydrogen) atoms. The van der Waals surface area contributed by atoms with E-state index >= 15 is 0 Å². The van der Waals surface area contributed by atoms with E-state index in [0.717, 1.165) is 51.2 Å². The van der Waals surface area contributed by atoms with Crippen molar-refractivity contribution in [3.8, 4) is 0 Å². The molecular formula is C17H24N2O2. The van der Waals surface area contributed by atoms with Crippen molar-refractivity contribution in [2.45, 2.75) is 32.3 Å². The zero-order valence-electron chi connectivity index (χ0n) is 12.8. The van der Waals surface area contributed by atoms with Crippen LogP contribution >= 0.6 is 0 Å². The van der Waals surface area contributed by atoms with Crippen LogP contribution in [0.3, 0.4) is 0 Å². The maximum absolute atomic E-state index is 12.5. The minimum absolute atomic E-state index is 0.231. The van der Waals surface area contributed by atoms with Gasteiger partial charge >= 0.3 is 0 Å². The van der Waals surface area contributed by atoms with Crippen molar-refractivity contribution < 1.29 is 9.53 Å². The first kappa shape index (κ1) is 14.5. The van der Waals surface area contributed by atoms with Crippen molar-refractivity contribution in [1.82, 2.24) is 4.90 Å². The van der Waals surface area contributed by atoms with Crippen molar-refractivity contribution in [2.24, 2.45) is 0 Å². The Morgan fingerprint density at radius 2 is 2.00 bits per heavy atom. The topological polar surface area (TPSA) is 32.8 Å². The molecule has 0 radical (unpaired) electrons. The molecule has 1 amide bonds. The van der Waals surface area contributed by atoms with Crippen LogP contribution in [0.4, 0.5) is 5.69 Å². The van der Waals surface area contributed by atoms with Crippen LogP contribution in [0, 0.1) is 0 Å². The number of carbonyl (C=O) groups is 1. The first-order valence-corrected chi connectivity index (χ1v) is 8.00. The SMILES string of the molecule is CCOC1CCN(CC(=O)N2CCc3ccccc32)CC1. The molecule has 2 heterocycles. The Morgan fingerprint density at radius 3 is 2.76 bits per heavy atom. The summed E-state index contributed by atoms with van der Waals surface area (Å²) in [5.41, 5.74) is 2.40. The molecule has 0 bridgehead atoms. The van der Waals surface area contributed by atoms with Crippen LogP contribution in [-0.2, 0) is 16.0 Å². The molecule has 4 nitrogen and oxygen atoms in total. The first-order valence-electron chi connectivity index (χ1n) is 8.00. The number of anilines is 1. The van der Waals surface area contributed by atoms with Crippen molar-refractivity contribution in [3.63, 3.8) is 0 Å². The summed E-state index contributed by atoms with van der Waals surface area (Å²) in [6, 6.07) is 8.24. The van der Waals surface area contributed by atoms with Crippen molar-refractivity contribution >= 4 is 11.6 Å². The molecule has 0 atom stereocenters. The second-order valence-corrected chi connectivity index (χ2v) is 5.85. The Bertz CT molecular complexity index is 495. The number of rotatable bonds is 4. The average Bonchev–Trinajstić information content (AvgIpc) is 2.93. The third kappa shape index (κ3) is 3.27. The summed E-state index contributed by atoms with van der Waals surface area (Å²) in [5, 5.41) is 0. The second kappa shape index (κ2) is 6.58. The largest absolute Gasteiger partial charge is 0.378 e. The average molecular weight is 288 g/mol. The van der Waals surface area contributed by atoms with Gasteiger partial charge in [-0.25, -0.2) is 0 Å². The lowest BCUT2D eigenvalue weighted by atomic mass is 10.1. The van der Waals surface area contributed by atoms with E-state index in [1.54, 1.807) is 0 Å². The zero-order chi connectivity index (χ0) is 14.7. The molecule has 0 unspecified atom stereocenters. The van der Waals surface area contributed by atoms with E-state index in [0.29, 0.717) is 12.6 Å². The molecule has 114 valence electrons. The number of ether oxygens (including phenoxy) is 1. The minimum Gasteiger partial charge on any atom is -0.378 e. The highest BCUT2D eigenvalue weighted by molar-refractivity contribution is 5.96. The third-order valence-electron chi connectivity index (χ3n) is 4.48. The highest BCUT2D eigenvalue weighted by atomic mass is 16.5. The lowest BCUT2D eigenvalue weighted by molar-refractivity contribution is -0.120. The van der Waals surface area contributed by atoms with Crippen LogP contribution in [0.15, 0.2) is 24.3 Å². The zero-order valence-corrected chi connectivity index (χ0v) is 12.8. The van der Waals surface area contributed by atoms with Gasteiger partial charge in [-0.1, -0.05) is 18.2 Å². The van der Waals surface area contributed by atoms with Gasteiger partial charge < -0.3 is 9.64 Å². The number of nitrogens with zero attached hydrogens (tertiary/aromatic N) is 2. The molecule has 0 aliphatic carbocycles. The number of hydrogen-bond acceptors (Lipinski definition) is 3. The number of benzene rings is 1. The molecule has 0 saturated carbocycles. The van der Waals surface area contributed by atoms with E-state index in [1.165, 1.54) is 5.56 Å². The normalized spacial score (nSPS) is 19.8. The van der Waals surface area contributed by atoms with Gasteiger partial charge in [-0.05, 0) is 37.8 Å². The summed E-state index contributed by atoms with van der Waals surface area (Å²) < 4.78 is 5.66. The lowest BCUT2D eigenvalue weighted by Gasteiger charge is -2.32. The quantitative estimate of drug-likeness (QED) is 0.850. The Labute approximate surface area is 126 Å². The predicted octanol–water partition coefficient (Wildman–Crippen LogP) is 2.08. The Morgan fingerprint density at radius 1 is 1.24 bits per heavy atom. The molecule has 3 rings (SSSR count). The van der Waals surface area contributed by atoms with Crippen molar-refractivity contribution in [3.05, 3.63) is 29.8 Å². The number of amides is 1. The minimum atomic E-state index is 0.231. The summed E-state index contributed by atoms with van der Waals surface area (Å²) in [6.45, 7) is 6.12. The van der Waals surface area contributed by atoms with Gasteiger partial charge in [-0.15, -0.1) is 0 Å². The number of fused-ring (bicyclic) bond motifs is 1. The summed E-state index contributed by atoms with van der Waals surface area (Å²) in [7, 11) is 0. The highest BCUT2D eigenvalue weighted by Gasteiger charge is 2.27. The molecule has 1 aromatic rings. The molecule has 1 fully saturated rings. The van der Waals surface area contributed by atoms with Gasteiger partial charge in [0.25, 0.3) is 0 Å². The van der Waals surface area contributed by atoms with Crippen LogP contribution < -0.4 is 4.90 Å². The maximum Gasteiger partial charge on any atom is 0.241 e. The Balaban J connectivity index is 1.54. The monoisotopic (exact) mass is 288 g/mol. The van der Waals surface area contributed by atoms with Crippen LogP contribution in [-0.4, -0.2) is 49.7 Å².